The molecule has 0 saturated heterocycles. The monoisotopic (exact) mass is 426 g/mol. The van der Waals surface area contributed by atoms with Crippen LogP contribution >= 0.6 is 11.8 Å². The van der Waals surface area contributed by atoms with Gasteiger partial charge >= 0.3 is 0 Å². The van der Waals surface area contributed by atoms with Crippen LogP contribution in [0, 0.1) is 5.82 Å². The van der Waals surface area contributed by atoms with Crippen LogP contribution in [-0.2, 0) is 25.3 Å². The average Bonchev–Trinajstić information content (AvgIpc) is 2.63. The number of hydrogen-bond donors (Lipinski definition) is 2. The van der Waals surface area contributed by atoms with Gasteiger partial charge in [0.2, 0.25) is 15.9 Å². The Bertz CT molecular complexity index is 872. The summed E-state index contributed by atoms with van der Waals surface area (Å²) in [5.74, 6) is 0.332. The molecule has 1 unspecified atom stereocenters. The summed E-state index contributed by atoms with van der Waals surface area (Å²) in [6.07, 6.45) is 0. The van der Waals surface area contributed by atoms with Gasteiger partial charge in [0.15, 0.2) is 0 Å². The molecule has 2 aromatic carbocycles. The highest BCUT2D eigenvalue weighted by molar-refractivity contribution is 7.99. The second-order valence-corrected chi connectivity index (χ2v) is 8.87. The molecule has 28 heavy (non-hydrogen) atoms. The first-order valence-electron chi connectivity index (χ1n) is 8.53. The predicted molar refractivity (Wildman–Crippen MR) is 109 cm³/mol. The first kappa shape index (κ1) is 22.4. The molecule has 0 saturated carbocycles. The molecule has 0 aliphatic heterocycles. The fourth-order valence-electron chi connectivity index (χ4n) is 2.37. The minimum Gasteiger partial charge on any atom is -0.383 e. The van der Waals surface area contributed by atoms with E-state index in [4.69, 9.17) is 4.74 Å². The molecule has 2 rings (SSSR count). The molecule has 6 nitrogen and oxygen atoms in total. The van der Waals surface area contributed by atoms with E-state index in [9.17, 15) is 17.6 Å². The lowest BCUT2D eigenvalue weighted by atomic mass is 10.2. The molecule has 0 fully saturated rings. The first-order valence-corrected chi connectivity index (χ1v) is 11.2. The van der Waals surface area contributed by atoms with E-state index in [1.54, 1.807) is 19.1 Å². The summed E-state index contributed by atoms with van der Waals surface area (Å²) in [6.45, 7) is 1.97. The van der Waals surface area contributed by atoms with Gasteiger partial charge in [0.05, 0.1) is 17.3 Å². The van der Waals surface area contributed by atoms with Gasteiger partial charge in [-0.3, -0.25) is 4.79 Å². The number of carbonyl (C=O) groups excluding carboxylic acids is 1. The summed E-state index contributed by atoms with van der Waals surface area (Å²) in [4.78, 5) is 12.1. The maximum absolute atomic E-state index is 12.9. The minimum atomic E-state index is -3.65. The van der Waals surface area contributed by atoms with Crippen molar-refractivity contribution >= 4 is 33.4 Å². The Morgan fingerprint density at radius 3 is 2.39 bits per heavy atom. The molecule has 0 aliphatic rings. The van der Waals surface area contributed by atoms with Crippen LogP contribution in [0.5, 0.6) is 0 Å². The van der Waals surface area contributed by atoms with E-state index in [-0.39, 0.29) is 35.0 Å². The third-order valence-electron chi connectivity index (χ3n) is 3.64. The Morgan fingerprint density at radius 1 is 1.14 bits per heavy atom. The second-order valence-electron chi connectivity index (χ2n) is 6.17. The van der Waals surface area contributed by atoms with Crippen LogP contribution in [0.15, 0.2) is 53.4 Å². The quantitative estimate of drug-likeness (QED) is 0.610. The summed E-state index contributed by atoms with van der Waals surface area (Å²) in [5.41, 5.74) is 1.44. The van der Waals surface area contributed by atoms with Crippen LogP contribution in [0.3, 0.4) is 0 Å². The molecule has 0 heterocycles. The largest absolute Gasteiger partial charge is 0.383 e. The highest BCUT2D eigenvalue weighted by atomic mass is 32.2. The Balaban J connectivity index is 1.84. The molecule has 152 valence electrons. The molecule has 0 aliphatic carbocycles. The van der Waals surface area contributed by atoms with Crippen LogP contribution in [0.25, 0.3) is 0 Å². The minimum absolute atomic E-state index is 0.110. The van der Waals surface area contributed by atoms with Gasteiger partial charge < -0.3 is 10.1 Å². The number of rotatable bonds is 10. The van der Waals surface area contributed by atoms with E-state index in [0.717, 1.165) is 5.56 Å². The van der Waals surface area contributed by atoms with Gasteiger partial charge in [0.1, 0.15) is 5.82 Å². The molecule has 0 spiro atoms. The molecule has 9 heteroatoms. The van der Waals surface area contributed by atoms with Crippen LogP contribution in [-0.4, -0.2) is 39.8 Å². The van der Waals surface area contributed by atoms with Gasteiger partial charge in [0, 0.05) is 24.6 Å². The molecule has 2 aromatic rings. The Kier molecular flexibility index (Phi) is 8.43. The van der Waals surface area contributed by atoms with E-state index in [1.807, 2.05) is 0 Å². The molecule has 0 radical (unpaired) electrons. The Morgan fingerprint density at radius 2 is 1.79 bits per heavy atom. The standard InChI is InChI=1S/C19H23FN2O4S2/c1-14(11-26-2)22-28(24,25)18-9-7-17(8-10-18)21-19(23)13-27-12-15-3-5-16(20)6-4-15/h3-10,14,22H,11-13H2,1-2H3,(H,21,23). The normalized spacial score (nSPS) is 12.5. The number of carbonyl (C=O) groups is 1. The van der Waals surface area contributed by atoms with E-state index in [2.05, 4.69) is 10.0 Å². The van der Waals surface area contributed by atoms with Crippen molar-refractivity contribution < 1.29 is 22.3 Å². The Labute approximate surface area is 168 Å². The zero-order chi connectivity index (χ0) is 20.6. The molecule has 1 amide bonds. The fraction of sp³-hybridized carbons (Fsp3) is 0.316. The number of benzene rings is 2. The second kappa shape index (κ2) is 10.6. The zero-order valence-electron chi connectivity index (χ0n) is 15.6. The summed E-state index contributed by atoms with van der Waals surface area (Å²) < 4.78 is 44.8. The smallest absolute Gasteiger partial charge is 0.240 e. The highest BCUT2D eigenvalue weighted by Gasteiger charge is 2.17. The maximum atomic E-state index is 12.9. The van der Waals surface area contributed by atoms with Gasteiger partial charge in [-0.2, -0.15) is 0 Å². The number of methoxy groups -OCH3 is 1. The third-order valence-corrected chi connectivity index (χ3v) is 6.25. The predicted octanol–water partition coefficient (Wildman–Crippen LogP) is 3.01. The van der Waals surface area contributed by atoms with E-state index in [0.29, 0.717) is 11.4 Å². The lowest BCUT2D eigenvalue weighted by Gasteiger charge is -2.13. The molecule has 2 N–H and O–H groups in total. The van der Waals surface area contributed by atoms with Crippen LogP contribution in [0.4, 0.5) is 10.1 Å². The van der Waals surface area contributed by atoms with Gasteiger partial charge in [-0.1, -0.05) is 12.1 Å². The van der Waals surface area contributed by atoms with Crippen molar-refractivity contribution in [3.8, 4) is 0 Å². The summed E-state index contributed by atoms with van der Waals surface area (Å²) in [7, 11) is -2.15. The first-order chi connectivity index (χ1) is 13.3. The van der Waals surface area contributed by atoms with E-state index >= 15 is 0 Å². The van der Waals surface area contributed by atoms with Crippen molar-refractivity contribution in [3.05, 3.63) is 59.9 Å². The summed E-state index contributed by atoms with van der Waals surface area (Å²) >= 11 is 1.41. The van der Waals surface area contributed by atoms with Crippen molar-refractivity contribution in [2.24, 2.45) is 0 Å². The van der Waals surface area contributed by atoms with Gasteiger partial charge in [0.25, 0.3) is 0 Å². The zero-order valence-corrected chi connectivity index (χ0v) is 17.3. The maximum Gasteiger partial charge on any atom is 0.240 e. The number of ether oxygens (including phenoxy) is 1. The lowest BCUT2D eigenvalue weighted by Crippen LogP contribution is -2.35. The molecular formula is C19H23FN2O4S2. The van der Waals surface area contributed by atoms with Gasteiger partial charge in [-0.05, 0) is 48.9 Å². The van der Waals surface area contributed by atoms with Crippen molar-refractivity contribution in [1.82, 2.24) is 4.72 Å². The summed E-state index contributed by atoms with van der Waals surface area (Å²) in [5, 5.41) is 2.72. The van der Waals surface area contributed by atoms with Crippen LogP contribution in [0.1, 0.15) is 12.5 Å². The number of thioether (sulfide) groups is 1. The van der Waals surface area contributed by atoms with Crippen molar-refractivity contribution in [3.63, 3.8) is 0 Å². The molecular weight excluding hydrogens is 403 g/mol. The fourth-order valence-corrected chi connectivity index (χ4v) is 4.39. The number of nitrogens with one attached hydrogen (secondary N) is 2. The van der Waals surface area contributed by atoms with E-state index in [1.165, 1.54) is 55.3 Å². The van der Waals surface area contributed by atoms with Gasteiger partial charge in [-0.15, -0.1) is 11.8 Å². The third kappa shape index (κ3) is 7.23. The molecule has 1 atom stereocenters. The number of anilines is 1. The topological polar surface area (TPSA) is 84.5 Å². The van der Waals surface area contributed by atoms with E-state index < -0.39 is 10.0 Å². The molecule has 0 aromatic heterocycles. The number of amides is 1. The van der Waals surface area contributed by atoms with Crippen molar-refractivity contribution in [2.75, 3.05) is 24.8 Å². The lowest BCUT2D eigenvalue weighted by molar-refractivity contribution is -0.113. The summed E-state index contributed by atoms with van der Waals surface area (Å²) in [6, 6.07) is 11.7. The molecule has 0 bridgehead atoms. The number of hydrogen-bond acceptors (Lipinski definition) is 5. The van der Waals surface area contributed by atoms with Crippen LogP contribution < -0.4 is 10.0 Å². The van der Waals surface area contributed by atoms with Crippen LogP contribution in [0.2, 0.25) is 0 Å². The van der Waals surface area contributed by atoms with Crippen molar-refractivity contribution in [2.45, 2.75) is 23.6 Å². The number of sulfonamides is 1. The average molecular weight is 427 g/mol. The Hall–Kier alpha value is -1.94. The number of halogens is 1. The highest BCUT2D eigenvalue weighted by Crippen LogP contribution is 2.16. The SMILES string of the molecule is COCC(C)NS(=O)(=O)c1ccc(NC(=O)CSCc2ccc(F)cc2)cc1. The van der Waals surface area contributed by atoms with Gasteiger partial charge in [-0.25, -0.2) is 17.5 Å². The van der Waals surface area contributed by atoms with Crippen molar-refractivity contribution in [1.29, 1.82) is 0 Å².